The summed E-state index contributed by atoms with van der Waals surface area (Å²) in [6.07, 6.45) is 7.60. The topological polar surface area (TPSA) is 50.4 Å². The molecule has 2 unspecified atom stereocenters. The monoisotopic (exact) mass is 270 g/mol. The first kappa shape index (κ1) is 16.4. The molecule has 0 heterocycles. The molecule has 4 nitrogen and oxygen atoms in total. The van der Waals surface area contributed by atoms with Gasteiger partial charge in [0.25, 0.3) is 0 Å². The van der Waals surface area contributed by atoms with Gasteiger partial charge in [0.15, 0.2) is 0 Å². The molecule has 2 atom stereocenters. The lowest BCUT2D eigenvalue weighted by molar-refractivity contribution is -0.120. The van der Waals surface area contributed by atoms with E-state index >= 15 is 0 Å². The molecule has 0 spiro atoms. The highest BCUT2D eigenvalue weighted by atomic mass is 16.5. The van der Waals surface area contributed by atoms with Crippen LogP contribution in [0.2, 0.25) is 0 Å². The first-order valence-electron chi connectivity index (χ1n) is 7.68. The summed E-state index contributed by atoms with van der Waals surface area (Å²) in [6, 6.07) is 0. The molecule has 1 aliphatic rings. The summed E-state index contributed by atoms with van der Waals surface area (Å²) in [7, 11) is 1.68. The van der Waals surface area contributed by atoms with Crippen molar-refractivity contribution in [3.05, 3.63) is 0 Å². The summed E-state index contributed by atoms with van der Waals surface area (Å²) in [5.74, 6) is 1.84. The molecule has 1 amide bonds. The van der Waals surface area contributed by atoms with Crippen LogP contribution in [0.1, 0.15) is 45.4 Å². The Morgan fingerprint density at radius 3 is 2.89 bits per heavy atom. The van der Waals surface area contributed by atoms with Crippen molar-refractivity contribution < 1.29 is 9.53 Å². The fourth-order valence-electron chi connectivity index (χ4n) is 2.84. The zero-order valence-electron chi connectivity index (χ0n) is 12.5. The summed E-state index contributed by atoms with van der Waals surface area (Å²) >= 11 is 0. The number of methoxy groups -OCH3 is 1. The molecule has 0 aromatic carbocycles. The van der Waals surface area contributed by atoms with Gasteiger partial charge < -0.3 is 15.4 Å². The number of carbonyl (C=O) groups is 1. The zero-order valence-corrected chi connectivity index (χ0v) is 12.5. The van der Waals surface area contributed by atoms with Gasteiger partial charge in [0, 0.05) is 20.3 Å². The van der Waals surface area contributed by atoms with Gasteiger partial charge in [0.1, 0.15) is 0 Å². The highest BCUT2D eigenvalue weighted by Gasteiger charge is 2.18. The van der Waals surface area contributed by atoms with Crippen LogP contribution >= 0.6 is 0 Å². The standard InChI is InChI=1S/C15H30N2O2/c1-13-5-3-6-14(11-13)7-9-16-12-15(18)17-8-4-10-19-2/h13-14,16H,3-12H2,1-2H3,(H,17,18). The summed E-state index contributed by atoms with van der Waals surface area (Å²) in [4.78, 5) is 11.5. The van der Waals surface area contributed by atoms with E-state index in [2.05, 4.69) is 17.6 Å². The van der Waals surface area contributed by atoms with E-state index in [4.69, 9.17) is 4.74 Å². The summed E-state index contributed by atoms with van der Waals surface area (Å²) < 4.78 is 4.93. The SMILES string of the molecule is COCCCNC(=O)CNCCC1CCCC(C)C1. The Morgan fingerprint density at radius 2 is 2.16 bits per heavy atom. The van der Waals surface area contributed by atoms with Crippen LogP contribution in [0.5, 0.6) is 0 Å². The molecule has 0 radical (unpaired) electrons. The van der Waals surface area contributed by atoms with Crippen LogP contribution in [0, 0.1) is 11.8 Å². The fourth-order valence-corrected chi connectivity index (χ4v) is 2.84. The molecule has 4 heteroatoms. The molecule has 1 rings (SSSR count). The molecular formula is C15H30N2O2. The van der Waals surface area contributed by atoms with Gasteiger partial charge in [-0.05, 0) is 37.6 Å². The third-order valence-corrected chi connectivity index (χ3v) is 3.91. The fraction of sp³-hybridized carbons (Fsp3) is 0.933. The first-order chi connectivity index (χ1) is 9.22. The molecule has 0 aromatic heterocycles. The van der Waals surface area contributed by atoms with Gasteiger partial charge in [-0.15, -0.1) is 0 Å². The second kappa shape index (κ2) is 10.2. The Labute approximate surface area is 117 Å². The number of carbonyl (C=O) groups excluding carboxylic acids is 1. The van der Waals surface area contributed by atoms with E-state index in [1.807, 2.05) is 0 Å². The second-order valence-corrected chi connectivity index (χ2v) is 5.80. The van der Waals surface area contributed by atoms with Crippen molar-refractivity contribution in [2.24, 2.45) is 11.8 Å². The van der Waals surface area contributed by atoms with Crippen LogP contribution in [0.4, 0.5) is 0 Å². The average Bonchev–Trinajstić information content (AvgIpc) is 2.40. The highest BCUT2D eigenvalue weighted by Crippen LogP contribution is 2.30. The number of amides is 1. The lowest BCUT2D eigenvalue weighted by atomic mass is 9.81. The number of rotatable bonds is 9. The van der Waals surface area contributed by atoms with Crippen molar-refractivity contribution in [2.45, 2.75) is 45.4 Å². The van der Waals surface area contributed by atoms with Crippen LogP contribution in [-0.2, 0) is 9.53 Å². The van der Waals surface area contributed by atoms with E-state index in [1.54, 1.807) is 7.11 Å². The minimum absolute atomic E-state index is 0.0908. The van der Waals surface area contributed by atoms with Gasteiger partial charge in [-0.3, -0.25) is 4.79 Å². The van der Waals surface area contributed by atoms with E-state index in [0.717, 1.165) is 24.8 Å². The maximum absolute atomic E-state index is 11.5. The predicted molar refractivity (Wildman–Crippen MR) is 78.1 cm³/mol. The molecule has 0 bridgehead atoms. The highest BCUT2D eigenvalue weighted by molar-refractivity contribution is 5.77. The summed E-state index contributed by atoms with van der Waals surface area (Å²) in [6.45, 7) is 5.16. The molecular weight excluding hydrogens is 240 g/mol. The minimum Gasteiger partial charge on any atom is -0.385 e. The molecule has 1 aliphatic carbocycles. The van der Waals surface area contributed by atoms with E-state index in [9.17, 15) is 4.79 Å². The number of hydrogen-bond acceptors (Lipinski definition) is 3. The average molecular weight is 270 g/mol. The predicted octanol–water partition coefficient (Wildman–Crippen LogP) is 1.95. The normalized spacial score (nSPS) is 23.3. The lowest BCUT2D eigenvalue weighted by Gasteiger charge is -2.26. The van der Waals surface area contributed by atoms with Crippen molar-refractivity contribution in [1.82, 2.24) is 10.6 Å². The quantitative estimate of drug-likeness (QED) is 0.630. The molecule has 0 aliphatic heterocycles. The Balaban J connectivity index is 1.93. The van der Waals surface area contributed by atoms with E-state index < -0.39 is 0 Å². The lowest BCUT2D eigenvalue weighted by Crippen LogP contribution is -2.35. The number of nitrogens with one attached hydrogen (secondary N) is 2. The maximum atomic E-state index is 11.5. The van der Waals surface area contributed by atoms with Crippen molar-refractivity contribution >= 4 is 5.91 Å². The smallest absolute Gasteiger partial charge is 0.233 e. The largest absolute Gasteiger partial charge is 0.385 e. The second-order valence-electron chi connectivity index (χ2n) is 5.80. The molecule has 0 aromatic rings. The van der Waals surface area contributed by atoms with Gasteiger partial charge in [0.2, 0.25) is 5.91 Å². The molecule has 0 saturated heterocycles. The van der Waals surface area contributed by atoms with Crippen LogP contribution in [0.25, 0.3) is 0 Å². The van der Waals surface area contributed by atoms with Crippen molar-refractivity contribution in [3.8, 4) is 0 Å². The third-order valence-electron chi connectivity index (χ3n) is 3.91. The molecule has 2 N–H and O–H groups in total. The van der Waals surface area contributed by atoms with Crippen molar-refractivity contribution in [2.75, 3.05) is 33.4 Å². The molecule has 1 fully saturated rings. The Hall–Kier alpha value is -0.610. The van der Waals surface area contributed by atoms with Crippen LogP contribution in [0.3, 0.4) is 0 Å². The first-order valence-corrected chi connectivity index (χ1v) is 7.68. The molecule has 1 saturated carbocycles. The summed E-state index contributed by atoms with van der Waals surface area (Å²) in [5.41, 5.74) is 0. The van der Waals surface area contributed by atoms with Gasteiger partial charge >= 0.3 is 0 Å². The van der Waals surface area contributed by atoms with Crippen LogP contribution < -0.4 is 10.6 Å². The summed E-state index contributed by atoms with van der Waals surface area (Å²) in [5, 5.41) is 6.13. The number of ether oxygens (including phenoxy) is 1. The van der Waals surface area contributed by atoms with E-state index in [-0.39, 0.29) is 5.91 Å². The Kier molecular flexibility index (Phi) is 8.84. The zero-order chi connectivity index (χ0) is 13.9. The van der Waals surface area contributed by atoms with Crippen LogP contribution in [-0.4, -0.2) is 39.3 Å². The van der Waals surface area contributed by atoms with Crippen LogP contribution in [0.15, 0.2) is 0 Å². The van der Waals surface area contributed by atoms with E-state index in [0.29, 0.717) is 19.7 Å². The number of hydrogen-bond donors (Lipinski definition) is 2. The van der Waals surface area contributed by atoms with Gasteiger partial charge in [-0.1, -0.05) is 26.2 Å². The molecule has 19 heavy (non-hydrogen) atoms. The van der Waals surface area contributed by atoms with Crippen molar-refractivity contribution in [3.63, 3.8) is 0 Å². The van der Waals surface area contributed by atoms with Crippen molar-refractivity contribution in [1.29, 1.82) is 0 Å². The van der Waals surface area contributed by atoms with Gasteiger partial charge in [-0.25, -0.2) is 0 Å². The van der Waals surface area contributed by atoms with E-state index in [1.165, 1.54) is 32.1 Å². The van der Waals surface area contributed by atoms with Gasteiger partial charge in [-0.2, -0.15) is 0 Å². The molecule has 112 valence electrons. The Bertz CT molecular complexity index is 246. The third kappa shape index (κ3) is 8.22. The van der Waals surface area contributed by atoms with Gasteiger partial charge in [0.05, 0.1) is 6.54 Å². The Morgan fingerprint density at radius 1 is 1.32 bits per heavy atom. The minimum atomic E-state index is 0.0908. The maximum Gasteiger partial charge on any atom is 0.233 e.